The molecule has 184 valence electrons. The average molecular weight is 464 g/mol. The van der Waals surface area contributed by atoms with Gasteiger partial charge in [-0.15, -0.1) is 0 Å². The van der Waals surface area contributed by atoms with Crippen LogP contribution in [0.1, 0.15) is 97.5 Å². The standard InChI is InChI=1S/C29H41N3O2/c1-5-6-7-8-9-10-11-12-13-14-15-24-20-31-27(32-21-24)25-16-18-26(19-17-25)34-28(33)29(4,22-30)23(2)3/h16-21,23H,5-15H2,1-4H3. The predicted octanol–water partition coefficient (Wildman–Crippen LogP) is 7.70. The molecule has 5 heteroatoms. The van der Waals surface area contributed by atoms with E-state index in [1.54, 1.807) is 19.1 Å². The second-order valence-electron chi connectivity index (χ2n) is 9.73. The third-order valence-electron chi connectivity index (χ3n) is 6.66. The normalized spacial score (nSPS) is 12.8. The van der Waals surface area contributed by atoms with Crippen LogP contribution in [-0.4, -0.2) is 15.9 Å². The van der Waals surface area contributed by atoms with Crippen molar-refractivity contribution in [2.24, 2.45) is 11.3 Å². The van der Waals surface area contributed by atoms with Crippen molar-refractivity contribution >= 4 is 5.97 Å². The number of rotatable bonds is 15. The summed E-state index contributed by atoms with van der Waals surface area (Å²) in [6.45, 7) is 7.55. The van der Waals surface area contributed by atoms with Crippen LogP contribution in [0.5, 0.6) is 5.75 Å². The van der Waals surface area contributed by atoms with Crippen LogP contribution in [0.25, 0.3) is 11.4 Å². The molecule has 0 aliphatic rings. The van der Waals surface area contributed by atoms with Crippen LogP contribution in [0.2, 0.25) is 0 Å². The minimum Gasteiger partial charge on any atom is -0.425 e. The van der Waals surface area contributed by atoms with E-state index in [1.165, 1.54) is 69.8 Å². The van der Waals surface area contributed by atoms with E-state index >= 15 is 0 Å². The van der Waals surface area contributed by atoms with E-state index in [9.17, 15) is 10.1 Å². The van der Waals surface area contributed by atoms with Gasteiger partial charge in [-0.2, -0.15) is 5.26 Å². The Labute approximate surface area is 206 Å². The van der Waals surface area contributed by atoms with Crippen LogP contribution in [0.15, 0.2) is 36.7 Å². The van der Waals surface area contributed by atoms with Crippen LogP contribution in [0.4, 0.5) is 0 Å². The molecule has 1 aromatic heterocycles. The van der Waals surface area contributed by atoms with E-state index in [1.807, 2.05) is 38.4 Å². The molecule has 0 fully saturated rings. The Kier molecular flexibility index (Phi) is 11.7. The number of ether oxygens (including phenoxy) is 1. The maximum absolute atomic E-state index is 12.4. The minimum atomic E-state index is -1.17. The number of hydrogen-bond acceptors (Lipinski definition) is 5. The second kappa shape index (κ2) is 14.5. The number of carbonyl (C=O) groups excluding carboxylic acids is 1. The largest absolute Gasteiger partial charge is 0.425 e. The molecule has 2 rings (SSSR count). The lowest BCUT2D eigenvalue weighted by atomic mass is 9.81. The Hall–Kier alpha value is -2.74. The molecule has 1 atom stereocenters. The van der Waals surface area contributed by atoms with Gasteiger partial charge in [0.15, 0.2) is 11.2 Å². The average Bonchev–Trinajstić information content (AvgIpc) is 2.85. The van der Waals surface area contributed by atoms with Gasteiger partial charge in [0.25, 0.3) is 0 Å². The Balaban J connectivity index is 1.75. The van der Waals surface area contributed by atoms with Gasteiger partial charge in [-0.3, -0.25) is 0 Å². The van der Waals surface area contributed by atoms with E-state index in [0.29, 0.717) is 11.6 Å². The molecule has 0 radical (unpaired) electrons. The van der Waals surface area contributed by atoms with E-state index in [4.69, 9.17) is 4.74 Å². The molecule has 0 aliphatic heterocycles. The van der Waals surface area contributed by atoms with Crippen molar-refractivity contribution < 1.29 is 9.53 Å². The number of benzene rings is 1. The summed E-state index contributed by atoms with van der Waals surface area (Å²) in [5.41, 5.74) is 0.849. The summed E-state index contributed by atoms with van der Waals surface area (Å²) in [4.78, 5) is 21.5. The third kappa shape index (κ3) is 8.56. The summed E-state index contributed by atoms with van der Waals surface area (Å²) in [6, 6.07) is 9.18. The van der Waals surface area contributed by atoms with Crippen molar-refractivity contribution in [1.82, 2.24) is 9.97 Å². The fourth-order valence-corrected chi connectivity index (χ4v) is 3.75. The second-order valence-corrected chi connectivity index (χ2v) is 9.73. The summed E-state index contributed by atoms with van der Waals surface area (Å²) in [5.74, 6) is 0.379. The molecule has 1 unspecified atom stereocenters. The molecule has 0 saturated carbocycles. The number of esters is 1. The van der Waals surface area contributed by atoms with Crippen LogP contribution in [0.3, 0.4) is 0 Å². The highest BCUT2D eigenvalue weighted by Gasteiger charge is 2.39. The zero-order valence-electron chi connectivity index (χ0n) is 21.5. The van der Waals surface area contributed by atoms with Crippen LogP contribution >= 0.6 is 0 Å². The van der Waals surface area contributed by atoms with Gasteiger partial charge in [0.1, 0.15) is 5.75 Å². The molecule has 0 aliphatic carbocycles. The first-order valence-electron chi connectivity index (χ1n) is 13.0. The smallest absolute Gasteiger partial charge is 0.331 e. The number of nitriles is 1. The Morgan fingerprint density at radius 3 is 1.97 bits per heavy atom. The van der Waals surface area contributed by atoms with E-state index in [0.717, 1.165) is 12.0 Å². The molecule has 0 spiro atoms. The van der Waals surface area contributed by atoms with Crippen molar-refractivity contribution in [2.45, 2.75) is 98.3 Å². The quantitative estimate of drug-likeness (QED) is 0.154. The SMILES string of the molecule is CCCCCCCCCCCCc1cnc(-c2ccc(OC(=O)C(C)(C#N)C(C)C)cc2)nc1. The molecule has 1 aromatic carbocycles. The first-order chi connectivity index (χ1) is 16.4. The van der Waals surface area contributed by atoms with E-state index < -0.39 is 11.4 Å². The fourth-order valence-electron chi connectivity index (χ4n) is 3.75. The highest BCUT2D eigenvalue weighted by atomic mass is 16.5. The van der Waals surface area contributed by atoms with Crippen molar-refractivity contribution in [3.05, 3.63) is 42.2 Å². The lowest BCUT2D eigenvalue weighted by Crippen LogP contribution is -2.35. The number of nitrogens with zero attached hydrogens (tertiary/aromatic N) is 3. The summed E-state index contributed by atoms with van der Waals surface area (Å²) in [7, 11) is 0. The van der Waals surface area contributed by atoms with E-state index in [2.05, 4.69) is 23.0 Å². The van der Waals surface area contributed by atoms with Crippen LogP contribution < -0.4 is 4.74 Å². The molecule has 2 aromatic rings. The summed E-state index contributed by atoms with van der Waals surface area (Å²) >= 11 is 0. The summed E-state index contributed by atoms with van der Waals surface area (Å²) in [6.07, 6.45) is 18.2. The number of carbonyl (C=O) groups is 1. The van der Waals surface area contributed by atoms with Crippen LogP contribution in [0, 0.1) is 22.7 Å². The van der Waals surface area contributed by atoms with Crippen molar-refractivity contribution in [3.8, 4) is 23.2 Å². The van der Waals surface area contributed by atoms with Gasteiger partial charge in [0.2, 0.25) is 0 Å². The molecule has 5 nitrogen and oxygen atoms in total. The van der Waals surface area contributed by atoms with Gasteiger partial charge in [-0.25, -0.2) is 14.8 Å². The fraction of sp³-hybridized carbons (Fsp3) is 0.586. The number of unbranched alkanes of at least 4 members (excludes halogenated alkanes) is 9. The zero-order chi connectivity index (χ0) is 24.8. The molecular formula is C29H41N3O2. The maximum atomic E-state index is 12.4. The van der Waals surface area contributed by atoms with Gasteiger partial charge in [0, 0.05) is 18.0 Å². The Bertz CT molecular complexity index is 900. The van der Waals surface area contributed by atoms with Crippen molar-refractivity contribution in [2.75, 3.05) is 0 Å². The lowest BCUT2D eigenvalue weighted by Gasteiger charge is -2.23. The van der Waals surface area contributed by atoms with Gasteiger partial charge < -0.3 is 4.74 Å². The molecule has 34 heavy (non-hydrogen) atoms. The van der Waals surface area contributed by atoms with Crippen molar-refractivity contribution in [1.29, 1.82) is 5.26 Å². The summed E-state index contributed by atoms with van der Waals surface area (Å²) in [5, 5.41) is 9.39. The van der Waals surface area contributed by atoms with E-state index in [-0.39, 0.29) is 5.92 Å². The highest BCUT2D eigenvalue weighted by molar-refractivity contribution is 5.82. The molecule has 0 amide bonds. The molecule has 0 bridgehead atoms. The Morgan fingerprint density at radius 1 is 0.941 bits per heavy atom. The summed E-state index contributed by atoms with van der Waals surface area (Å²) < 4.78 is 5.44. The lowest BCUT2D eigenvalue weighted by molar-refractivity contribution is -0.143. The number of aryl methyl sites for hydroxylation is 1. The predicted molar refractivity (Wildman–Crippen MR) is 137 cm³/mol. The Morgan fingerprint density at radius 2 is 1.47 bits per heavy atom. The van der Waals surface area contributed by atoms with Crippen molar-refractivity contribution in [3.63, 3.8) is 0 Å². The van der Waals surface area contributed by atoms with Gasteiger partial charge in [-0.1, -0.05) is 78.6 Å². The maximum Gasteiger partial charge on any atom is 0.331 e. The highest BCUT2D eigenvalue weighted by Crippen LogP contribution is 2.29. The van der Waals surface area contributed by atoms with Gasteiger partial charge >= 0.3 is 5.97 Å². The molecule has 0 saturated heterocycles. The van der Waals surface area contributed by atoms with Gasteiger partial charge in [0.05, 0.1) is 6.07 Å². The molecule has 1 heterocycles. The number of hydrogen-bond donors (Lipinski definition) is 0. The first kappa shape index (κ1) is 27.5. The molecule has 0 N–H and O–H groups in total. The number of aromatic nitrogens is 2. The zero-order valence-corrected chi connectivity index (χ0v) is 21.5. The van der Waals surface area contributed by atoms with Crippen LogP contribution in [-0.2, 0) is 11.2 Å². The topological polar surface area (TPSA) is 75.9 Å². The monoisotopic (exact) mass is 463 g/mol. The van der Waals surface area contributed by atoms with Gasteiger partial charge in [-0.05, 0) is 55.5 Å². The first-order valence-corrected chi connectivity index (χ1v) is 13.0. The molecular weight excluding hydrogens is 422 g/mol. The third-order valence-corrected chi connectivity index (χ3v) is 6.66. The minimum absolute atomic E-state index is 0.142.